The molecule has 0 N–H and O–H groups in total. The van der Waals surface area contributed by atoms with E-state index in [4.69, 9.17) is 27.5 Å². The summed E-state index contributed by atoms with van der Waals surface area (Å²) in [6.07, 6.45) is 0. The van der Waals surface area contributed by atoms with Gasteiger partial charge in [0.2, 0.25) is 0 Å². The van der Waals surface area contributed by atoms with Crippen LogP contribution >= 0.6 is 22.3 Å². The van der Waals surface area contributed by atoms with Crippen molar-refractivity contribution < 1.29 is 21.9 Å². The van der Waals surface area contributed by atoms with Crippen molar-refractivity contribution >= 4 is 31.3 Å². The van der Waals surface area contributed by atoms with Gasteiger partial charge in [0.1, 0.15) is 11.0 Å². The molecule has 0 aromatic heterocycles. The Balaban J connectivity index is 3.59. The molecule has 0 unspecified atom stereocenters. The number of halogens is 4. The van der Waals surface area contributed by atoms with Crippen LogP contribution in [0.25, 0.3) is 0 Å². The van der Waals surface area contributed by atoms with Crippen LogP contribution in [-0.4, -0.2) is 15.0 Å². The number of nitrogens with zero attached hydrogens (tertiary/aromatic N) is 1. The number of hydrogen-bond acceptors (Lipinski definition) is 4. The third-order valence-electron chi connectivity index (χ3n) is 1.86. The number of nitriles is 1. The first kappa shape index (κ1) is 15.0. The minimum absolute atomic E-state index is 0.108. The van der Waals surface area contributed by atoms with Gasteiger partial charge in [0.25, 0.3) is 9.05 Å². The highest BCUT2D eigenvalue weighted by atomic mass is 35.7. The van der Waals surface area contributed by atoms with Crippen molar-refractivity contribution in [3.05, 3.63) is 23.3 Å². The number of ether oxygens (including phenoxy) is 1. The minimum Gasteiger partial charge on any atom is -0.432 e. The molecule has 0 spiro atoms. The fourth-order valence-corrected chi connectivity index (χ4v) is 2.38. The van der Waals surface area contributed by atoms with Gasteiger partial charge in [0.05, 0.1) is 5.56 Å². The molecule has 9 heteroatoms. The van der Waals surface area contributed by atoms with E-state index in [2.05, 4.69) is 4.74 Å². The van der Waals surface area contributed by atoms with Crippen LogP contribution in [0.4, 0.5) is 8.78 Å². The maximum atomic E-state index is 12.2. The lowest BCUT2D eigenvalue weighted by Gasteiger charge is -2.11. The van der Waals surface area contributed by atoms with E-state index in [9.17, 15) is 17.2 Å². The first-order chi connectivity index (χ1) is 8.29. The summed E-state index contributed by atoms with van der Waals surface area (Å²) in [4.78, 5) is -0.709. The molecule has 1 aromatic rings. The molecule has 1 rings (SSSR count). The molecule has 0 amide bonds. The van der Waals surface area contributed by atoms with Crippen molar-refractivity contribution in [3.8, 4) is 11.8 Å². The van der Waals surface area contributed by atoms with Crippen LogP contribution in [0.5, 0.6) is 5.75 Å². The van der Waals surface area contributed by atoms with Crippen LogP contribution in [-0.2, 0) is 14.9 Å². The maximum Gasteiger partial charge on any atom is 0.387 e. The van der Waals surface area contributed by atoms with E-state index in [0.717, 1.165) is 12.1 Å². The Hall–Kier alpha value is -1.10. The highest BCUT2D eigenvalue weighted by Crippen LogP contribution is 2.33. The number of benzene rings is 1. The van der Waals surface area contributed by atoms with Gasteiger partial charge in [0.15, 0.2) is 5.75 Å². The van der Waals surface area contributed by atoms with Crippen molar-refractivity contribution in [2.45, 2.75) is 17.4 Å². The number of hydrogen-bond donors (Lipinski definition) is 0. The molecule has 0 saturated carbocycles. The van der Waals surface area contributed by atoms with E-state index in [0.29, 0.717) is 0 Å². The SMILES string of the molecule is N#Cc1cc(CCl)cc(S(=O)(=O)Cl)c1OC(F)F. The average molecular weight is 316 g/mol. The van der Waals surface area contributed by atoms with Gasteiger partial charge < -0.3 is 4.74 Å². The molecular formula is C9H5Cl2F2NO3S. The first-order valence-corrected chi connectivity index (χ1v) is 7.16. The Labute approximate surface area is 111 Å². The summed E-state index contributed by atoms with van der Waals surface area (Å²) in [5.41, 5.74) is -0.137. The second kappa shape index (κ2) is 5.69. The van der Waals surface area contributed by atoms with Gasteiger partial charge in [-0.2, -0.15) is 14.0 Å². The summed E-state index contributed by atoms with van der Waals surface area (Å²) in [5, 5.41) is 8.79. The highest BCUT2D eigenvalue weighted by Gasteiger charge is 2.24. The molecule has 18 heavy (non-hydrogen) atoms. The lowest BCUT2D eigenvalue weighted by molar-refractivity contribution is -0.0519. The molecule has 98 valence electrons. The lowest BCUT2D eigenvalue weighted by atomic mass is 10.1. The van der Waals surface area contributed by atoms with Gasteiger partial charge in [-0.3, -0.25) is 0 Å². The third-order valence-corrected chi connectivity index (χ3v) is 3.49. The molecule has 0 aliphatic heterocycles. The van der Waals surface area contributed by atoms with Crippen molar-refractivity contribution in [2.24, 2.45) is 0 Å². The zero-order valence-corrected chi connectivity index (χ0v) is 10.9. The van der Waals surface area contributed by atoms with E-state index in [-0.39, 0.29) is 17.0 Å². The van der Waals surface area contributed by atoms with Crippen LogP contribution < -0.4 is 4.74 Å². The Bertz CT molecular complexity index is 599. The predicted molar refractivity (Wildman–Crippen MR) is 60.4 cm³/mol. The Morgan fingerprint density at radius 3 is 2.44 bits per heavy atom. The molecular weight excluding hydrogens is 311 g/mol. The molecule has 1 aromatic carbocycles. The van der Waals surface area contributed by atoms with Gasteiger partial charge >= 0.3 is 6.61 Å². The summed E-state index contributed by atoms with van der Waals surface area (Å²) < 4.78 is 50.9. The van der Waals surface area contributed by atoms with Crippen LogP contribution in [0.15, 0.2) is 17.0 Å². The normalized spacial score (nSPS) is 11.3. The number of alkyl halides is 3. The largest absolute Gasteiger partial charge is 0.432 e. The maximum absolute atomic E-state index is 12.2. The molecule has 0 fully saturated rings. The monoisotopic (exact) mass is 315 g/mol. The summed E-state index contributed by atoms with van der Waals surface area (Å²) in [6.45, 7) is -3.28. The van der Waals surface area contributed by atoms with Crippen molar-refractivity contribution in [3.63, 3.8) is 0 Å². The first-order valence-electron chi connectivity index (χ1n) is 4.32. The van der Waals surface area contributed by atoms with Crippen molar-refractivity contribution in [1.82, 2.24) is 0 Å². The van der Waals surface area contributed by atoms with E-state index >= 15 is 0 Å². The fourth-order valence-electron chi connectivity index (χ4n) is 1.21. The van der Waals surface area contributed by atoms with E-state index in [1.54, 1.807) is 6.07 Å². The second-order valence-corrected chi connectivity index (χ2v) is 5.83. The predicted octanol–water partition coefficient (Wildman–Crippen LogP) is 2.83. The van der Waals surface area contributed by atoms with Crippen LogP contribution in [0.3, 0.4) is 0 Å². The minimum atomic E-state index is -4.34. The van der Waals surface area contributed by atoms with E-state index < -0.39 is 26.3 Å². The smallest absolute Gasteiger partial charge is 0.387 e. The Kier molecular flexibility index (Phi) is 4.73. The van der Waals surface area contributed by atoms with Crippen LogP contribution in [0.1, 0.15) is 11.1 Å². The summed E-state index contributed by atoms with van der Waals surface area (Å²) in [5.74, 6) is -0.889. The van der Waals surface area contributed by atoms with Gasteiger partial charge in [-0.05, 0) is 17.7 Å². The molecule has 0 atom stereocenters. The highest BCUT2D eigenvalue weighted by molar-refractivity contribution is 8.13. The van der Waals surface area contributed by atoms with Crippen molar-refractivity contribution in [1.29, 1.82) is 5.26 Å². The zero-order valence-electron chi connectivity index (χ0n) is 8.53. The summed E-state index contributed by atoms with van der Waals surface area (Å²) in [6, 6.07) is 3.68. The van der Waals surface area contributed by atoms with Gasteiger partial charge in [0, 0.05) is 16.6 Å². The molecule has 4 nitrogen and oxygen atoms in total. The lowest BCUT2D eigenvalue weighted by Crippen LogP contribution is -2.08. The Morgan fingerprint density at radius 1 is 1.44 bits per heavy atom. The standard InChI is InChI=1S/C9H5Cl2F2NO3S/c10-3-5-1-6(4-14)8(17-9(12)13)7(2-5)18(11,15)16/h1-2,9H,3H2. The topological polar surface area (TPSA) is 67.2 Å². The quantitative estimate of drug-likeness (QED) is 0.633. The third kappa shape index (κ3) is 3.45. The van der Waals surface area contributed by atoms with Gasteiger partial charge in [-0.25, -0.2) is 8.42 Å². The summed E-state index contributed by atoms with van der Waals surface area (Å²) >= 11 is 5.50. The molecule has 0 heterocycles. The molecule has 0 aliphatic rings. The molecule has 0 saturated heterocycles. The fraction of sp³-hybridized carbons (Fsp3) is 0.222. The van der Waals surface area contributed by atoms with Crippen LogP contribution in [0.2, 0.25) is 0 Å². The van der Waals surface area contributed by atoms with Crippen LogP contribution in [0, 0.1) is 11.3 Å². The average Bonchev–Trinajstić information content (AvgIpc) is 2.26. The van der Waals surface area contributed by atoms with Crippen molar-refractivity contribution in [2.75, 3.05) is 0 Å². The van der Waals surface area contributed by atoms with Gasteiger partial charge in [-0.15, -0.1) is 11.6 Å². The Morgan fingerprint density at radius 2 is 2.06 bits per heavy atom. The number of rotatable bonds is 4. The van der Waals surface area contributed by atoms with Gasteiger partial charge in [-0.1, -0.05) is 0 Å². The zero-order chi connectivity index (χ0) is 13.9. The molecule has 0 aliphatic carbocycles. The summed E-state index contributed by atoms with van der Waals surface area (Å²) in [7, 11) is 0.760. The second-order valence-electron chi connectivity index (χ2n) is 3.03. The van der Waals surface area contributed by atoms with E-state index in [1.807, 2.05) is 0 Å². The van der Waals surface area contributed by atoms with E-state index in [1.165, 1.54) is 0 Å². The molecule has 0 radical (unpaired) electrons. The molecule has 0 bridgehead atoms.